The molecule has 2 N–H and O–H groups in total. The molecule has 0 amide bonds. The quantitative estimate of drug-likeness (QED) is 0.199. The number of hydrogen-bond donors (Lipinski definition) is 1. The number of rotatable bonds is 7. The molecular weight excluding hydrogens is 482 g/mol. The number of nitrogen functional groups attached to an aromatic ring is 1. The summed E-state index contributed by atoms with van der Waals surface area (Å²) in [6.45, 7) is 5.06. The summed E-state index contributed by atoms with van der Waals surface area (Å²) < 4.78 is 7.89. The van der Waals surface area contributed by atoms with E-state index < -0.39 is 0 Å². The van der Waals surface area contributed by atoms with Crippen molar-refractivity contribution in [1.29, 1.82) is 0 Å². The van der Waals surface area contributed by atoms with Crippen molar-refractivity contribution >= 4 is 16.6 Å². The number of benzene rings is 1. The number of pyridine rings is 2. The maximum Gasteiger partial charge on any atom is 0.254 e. The lowest BCUT2D eigenvalue weighted by atomic mass is 9.75. The summed E-state index contributed by atoms with van der Waals surface area (Å²) in [4.78, 5) is 19.3. The van der Waals surface area contributed by atoms with Crippen molar-refractivity contribution in [1.82, 2.24) is 9.55 Å². The predicted octanol–water partition coefficient (Wildman–Crippen LogP) is 7.79. The van der Waals surface area contributed by atoms with Crippen LogP contribution in [0.15, 0.2) is 52.0 Å². The lowest BCUT2D eigenvalue weighted by Gasteiger charge is -2.30. The molecule has 5 nitrogen and oxygen atoms in total. The molecule has 5 heteroatoms. The highest BCUT2D eigenvalue weighted by Crippen LogP contribution is 2.43. The smallest absolute Gasteiger partial charge is 0.254 e. The summed E-state index contributed by atoms with van der Waals surface area (Å²) >= 11 is 0. The van der Waals surface area contributed by atoms with Gasteiger partial charge in [-0.1, -0.05) is 37.3 Å². The maximum absolute atomic E-state index is 14.2. The highest BCUT2D eigenvalue weighted by atomic mass is 16.5. The Balaban J connectivity index is 1.34. The number of aromatic nitrogens is 2. The largest absolute Gasteiger partial charge is 0.465 e. The van der Waals surface area contributed by atoms with Crippen LogP contribution in [-0.4, -0.2) is 9.55 Å². The first kappa shape index (κ1) is 24.7. The molecule has 3 heterocycles. The van der Waals surface area contributed by atoms with Gasteiger partial charge in [-0.15, -0.1) is 0 Å². The van der Waals surface area contributed by atoms with E-state index in [1.54, 1.807) is 5.57 Å². The monoisotopic (exact) mass is 521 g/mol. The third-order valence-corrected chi connectivity index (χ3v) is 9.99. The lowest BCUT2D eigenvalue weighted by molar-refractivity contribution is 0.312. The van der Waals surface area contributed by atoms with Gasteiger partial charge >= 0.3 is 0 Å². The lowest BCUT2D eigenvalue weighted by Crippen LogP contribution is -2.29. The van der Waals surface area contributed by atoms with E-state index in [4.69, 9.17) is 15.5 Å². The predicted molar refractivity (Wildman–Crippen MR) is 158 cm³/mol. The molecule has 202 valence electrons. The summed E-state index contributed by atoms with van der Waals surface area (Å²) in [5.41, 5.74) is 18.0. The second-order valence-electron chi connectivity index (χ2n) is 12.2. The Hall–Kier alpha value is -3.34. The van der Waals surface area contributed by atoms with Crippen molar-refractivity contribution in [2.24, 2.45) is 5.92 Å². The van der Waals surface area contributed by atoms with E-state index >= 15 is 0 Å². The Kier molecular flexibility index (Phi) is 6.13. The number of fused-ring (bicyclic) bond motifs is 4. The second kappa shape index (κ2) is 9.69. The van der Waals surface area contributed by atoms with Crippen molar-refractivity contribution in [3.8, 4) is 17.1 Å². The van der Waals surface area contributed by atoms with Crippen LogP contribution in [0.4, 0.5) is 5.69 Å². The summed E-state index contributed by atoms with van der Waals surface area (Å²) in [6, 6.07) is 8.26. The van der Waals surface area contributed by atoms with Gasteiger partial charge in [0, 0.05) is 28.1 Å². The van der Waals surface area contributed by atoms with Crippen molar-refractivity contribution in [3.63, 3.8) is 0 Å². The fourth-order valence-corrected chi connectivity index (χ4v) is 6.88. The number of nitrogens with zero attached hydrogens (tertiary/aromatic N) is 2. The van der Waals surface area contributed by atoms with Crippen molar-refractivity contribution in [3.05, 3.63) is 74.3 Å². The van der Waals surface area contributed by atoms with E-state index in [9.17, 15) is 4.79 Å². The topological polar surface area (TPSA) is 70.1 Å². The van der Waals surface area contributed by atoms with E-state index in [1.165, 1.54) is 61.7 Å². The first-order valence-electron chi connectivity index (χ1n) is 15.0. The van der Waals surface area contributed by atoms with Gasteiger partial charge in [-0.25, -0.2) is 4.98 Å². The molecule has 0 bridgehead atoms. The van der Waals surface area contributed by atoms with E-state index in [0.717, 1.165) is 64.9 Å². The van der Waals surface area contributed by atoms with Gasteiger partial charge in [-0.05, 0) is 99.6 Å². The average Bonchev–Trinajstić information content (AvgIpc) is 3.20. The van der Waals surface area contributed by atoms with Crippen LogP contribution in [0.25, 0.3) is 22.3 Å². The fourth-order valence-electron chi connectivity index (χ4n) is 6.88. The molecule has 3 fully saturated rings. The van der Waals surface area contributed by atoms with Gasteiger partial charge < -0.3 is 15.0 Å². The Labute approximate surface area is 230 Å². The van der Waals surface area contributed by atoms with Crippen LogP contribution in [0.5, 0.6) is 5.75 Å². The molecule has 7 rings (SSSR count). The van der Waals surface area contributed by atoms with Gasteiger partial charge in [0.1, 0.15) is 5.75 Å². The molecule has 1 atom stereocenters. The van der Waals surface area contributed by atoms with Crippen LogP contribution in [0, 0.1) is 5.92 Å². The Morgan fingerprint density at radius 2 is 1.95 bits per heavy atom. The summed E-state index contributed by atoms with van der Waals surface area (Å²) in [5.74, 6) is 1.70. The number of hydrogen-bond acceptors (Lipinski definition) is 4. The zero-order valence-corrected chi connectivity index (χ0v) is 23.3. The molecule has 3 aliphatic carbocycles. The van der Waals surface area contributed by atoms with Gasteiger partial charge in [0.05, 0.1) is 29.7 Å². The zero-order chi connectivity index (χ0) is 26.7. The molecule has 3 saturated carbocycles. The van der Waals surface area contributed by atoms with Crippen LogP contribution >= 0.6 is 0 Å². The highest BCUT2D eigenvalue weighted by molar-refractivity contribution is 5.96. The molecule has 39 heavy (non-hydrogen) atoms. The first-order valence-corrected chi connectivity index (χ1v) is 15.0. The number of ether oxygens (including phenoxy) is 1. The first-order chi connectivity index (χ1) is 19.0. The van der Waals surface area contributed by atoms with Crippen molar-refractivity contribution in [2.75, 3.05) is 5.73 Å². The van der Waals surface area contributed by atoms with Gasteiger partial charge in [0.25, 0.3) is 5.56 Å². The number of nitrogens with two attached hydrogens (primary N) is 1. The molecule has 3 aromatic rings. The van der Waals surface area contributed by atoms with E-state index in [-0.39, 0.29) is 5.56 Å². The fraction of sp³-hybridized carbons (Fsp3) is 0.471. The minimum absolute atomic E-state index is 0.164. The van der Waals surface area contributed by atoms with Crippen LogP contribution in [-0.2, 0) is 13.0 Å². The minimum atomic E-state index is 0.164. The summed E-state index contributed by atoms with van der Waals surface area (Å²) in [6.07, 6.45) is 14.7. The molecule has 2 aromatic heterocycles. The van der Waals surface area contributed by atoms with Gasteiger partial charge in [-0.3, -0.25) is 4.79 Å². The van der Waals surface area contributed by atoms with Gasteiger partial charge in [-0.2, -0.15) is 0 Å². The molecule has 0 spiro atoms. The van der Waals surface area contributed by atoms with Gasteiger partial charge in [0.2, 0.25) is 0 Å². The zero-order valence-electron chi connectivity index (χ0n) is 23.3. The van der Waals surface area contributed by atoms with Crippen LogP contribution in [0.2, 0.25) is 0 Å². The molecular formula is C34H39N3O2. The van der Waals surface area contributed by atoms with Crippen molar-refractivity contribution < 1.29 is 4.74 Å². The van der Waals surface area contributed by atoms with E-state index in [0.29, 0.717) is 24.1 Å². The number of anilines is 1. The second-order valence-corrected chi connectivity index (χ2v) is 12.2. The van der Waals surface area contributed by atoms with Crippen LogP contribution < -0.4 is 16.0 Å². The normalized spacial score (nSPS) is 18.6. The third-order valence-electron chi connectivity index (χ3n) is 9.99. The highest BCUT2D eigenvalue weighted by Gasteiger charge is 2.32. The molecule has 1 aromatic carbocycles. The Morgan fingerprint density at radius 1 is 1.15 bits per heavy atom. The summed E-state index contributed by atoms with van der Waals surface area (Å²) in [5, 5.41) is 0.894. The molecule has 0 radical (unpaired) electrons. The van der Waals surface area contributed by atoms with E-state index in [1.807, 2.05) is 29.0 Å². The van der Waals surface area contributed by atoms with Crippen LogP contribution in [0.1, 0.15) is 101 Å². The molecule has 0 saturated heterocycles. The van der Waals surface area contributed by atoms with Gasteiger partial charge in [0.15, 0.2) is 0 Å². The summed E-state index contributed by atoms with van der Waals surface area (Å²) in [7, 11) is 0. The number of allylic oxidation sites excluding steroid dienone is 3. The Bertz CT molecular complexity index is 1590. The maximum atomic E-state index is 14.2. The Morgan fingerprint density at radius 3 is 2.59 bits per heavy atom. The third kappa shape index (κ3) is 4.13. The molecule has 4 aliphatic rings. The molecule has 1 aliphatic heterocycles. The molecule has 0 unspecified atom stereocenters. The standard InChI is InChI=1S/C34H39N3O2/c1-3-25(20(2)23-11-6-12-23)26-17-31-33-29(18-37(31)34(38)27(26)15-21-7-4-8-21)32(35)28-16-24(13-14-30(28)36-33)39-19-22-9-5-10-22/h13-14,16-17,19,21,25H,3-12,15,18H2,1-2H3,(H2,35,36)/t25-/m0/s1. The van der Waals surface area contributed by atoms with Crippen LogP contribution in [0.3, 0.4) is 0 Å². The average molecular weight is 522 g/mol. The minimum Gasteiger partial charge on any atom is -0.465 e. The SMILES string of the molecule is CC[C@@H](C(C)=C1CCC1)c1cc2n(c(=O)c1CC1CCC1)Cc1c-2nc2ccc(OC=C3CCC3)cc2c1N. The van der Waals surface area contributed by atoms with E-state index in [2.05, 4.69) is 19.9 Å². The van der Waals surface area contributed by atoms with Crippen molar-refractivity contribution in [2.45, 2.75) is 96.9 Å².